The first-order chi connectivity index (χ1) is 7.49. The zero-order chi connectivity index (χ0) is 12.7. The molecule has 0 bridgehead atoms. The number of carbonyl (C=O) groups is 1. The number of carbonyl (C=O) groups excluding carboxylic acids is 1. The summed E-state index contributed by atoms with van der Waals surface area (Å²) >= 11 is 0. The molecule has 4 heteroatoms. The number of esters is 1. The third kappa shape index (κ3) is 4.10. The molecule has 0 radical (unpaired) electrons. The molecule has 16 heavy (non-hydrogen) atoms. The largest absolute Gasteiger partial charge is 0.465 e. The fraction of sp³-hybridized carbons (Fsp3) is 0.917. The minimum Gasteiger partial charge on any atom is -0.465 e. The predicted octanol–water partition coefficient (Wildman–Crippen LogP) is 1.24. The summed E-state index contributed by atoms with van der Waals surface area (Å²) in [5.41, 5.74) is 5.98. The first kappa shape index (κ1) is 15.4. The lowest BCUT2D eigenvalue weighted by Gasteiger charge is -2.35. The SMILES string of the molecule is CCOC(=O)C(N)C(C(C)C)N(CC)CC. The summed E-state index contributed by atoms with van der Waals surface area (Å²) in [6, 6.07) is -0.506. The maximum absolute atomic E-state index is 11.7. The number of hydrogen-bond acceptors (Lipinski definition) is 4. The van der Waals surface area contributed by atoms with Crippen molar-refractivity contribution in [3.8, 4) is 0 Å². The van der Waals surface area contributed by atoms with Crippen molar-refractivity contribution < 1.29 is 9.53 Å². The van der Waals surface area contributed by atoms with Crippen LogP contribution in [0.5, 0.6) is 0 Å². The van der Waals surface area contributed by atoms with Crippen molar-refractivity contribution in [1.29, 1.82) is 0 Å². The number of ether oxygens (including phenoxy) is 1. The van der Waals surface area contributed by atoms with E-state index in [0.717, 1.165) is 13.1 Å². The highest BCUT2D eigenvalue weighted by Gasteiger charge is 2.31. The van der Waals surface area contributed by atoms with Crippen LogP contribution in [0.2, 0.25) is 0 Å². The van der Waals surface area contributed by atoms with Crippen molar-refractivity contribution in [3.05, 3.63) is 0 Å². The molecule has 0 saturated heterocycles. The summed E-state index contributed by atoms with van der Waals surface area (Å²) in [4.78, 5) is 13.9. The second kappa shape index (κ2) is 7.63. The van der Waals surface area contributed by atoms with E-state index >= 15 is 0 Å². The Morgan fingerprint density at radius 2 is 1.75 bits per heavy atom. The molecular formula is C12H26N2O2. The van der Waals surface area contributed by atoms with Gasteiger partial charge in [0.05, 0.1) is 6.61 Å². The highest BCUT2D eigenvalue weighted by molar-refractivity contribution is 5.76. The standard InChI is InChI=1S/C12H26N2O2/c1-6-14(7-2)11(9(4)5)10(13)12(15)16-8-3/h9-11H,6-8,13H2,1-5H3. The molecular weight excluding hydrogens is 204 g/mol. The van der Waals surface area contributed by atoms with E-state index in [1.165, 1.54) is 0 Å². The van der Waals surface area contributed by atoms with E-state index in [4.69, 9.17) is 10.5 Å². The van der Waals surface area contributed by atoms with Gasteiger partial charge in [0.2, 0.25) is 0 Å². The van der Waals surface area contributed by atoms with Crippen LogP contribution >= 0.6 is 0 Å². The lowest BCUT2D eigenvalue weighted by Crippen LogP contribution is -2.54. The van der Waals surface area contributed by atoms with Crippen molar-refractivity contribution in [2.45, 2.75) is 46.7 Å². The Labute approximate surface area is 99.1 Å². The summed E-state index contributed by atoms with van der Waals surface area (Å²) in [6.45, 7) is 12.3. The van der Waals surface area contributed by atoms with Gasteiger partial charge in [-0.1, -0.05) is 27.7 Å². The summed E-state index contributed by atoms with van der Waals surface area (Å²) < 4.78 is 4.98. The van der Waals surface area contributed by atoms with Crippen LogP contribution in [0.15, 0.2) is 0 Å². The Bertz CT molecular complexity index is 203. The van der Waals surface area contributed by atoms with Crippen molar-refractivity contribution in [3.63, 3.8) is 0 Å². The molecule has 2 unspecified atom stereocenters. The first-order valence-electron chi connectivity index (χ1n) is 6.15. The topological polar surface area (TPSA) is 55.6 Å². The van der Waals surface area contributed by atoms with Crippen LogP contribution in [0.25, 0.3) is 0 Å². The van der Waals surface area contributed by atoms with Gasteiger partial charge < -0.3 is 10.5 Å². The van der Waals surface area contributed by atoms with Gasteiger partial charge in [0, 0.05) is 6.04 Å². The van der Waals surface area contributed by atoms with Crippen LogP contribution in [0, 0.1) is 5.92 Å². The van der Waals surface area contributed by atoms with Crippen molar-refractivity contribution in [2.75, 3.05) is 19.7 Å². The van der Waals surface area contributed by atoms with Crippen molar-refractivity contribution >= 4 is 5.97 Å². The summed E-state index contributed by atoms with van der Waals surface area (Å²) in [7, 11) is 0. The molecule has 0 aliphatic carbocycles. The van der Waals surface area contributed by atoms with Crippen LogP contribution in [0.3, 0.4) is 0 Å². The lowest BCUT2D eigenvalue weighted by atomic mass is 9.95. The van der Waals surface area contributed by atoms with E-state index in [2.05, 4.69) is 32.6 Å². The molecule has 2 N–H and O–H groups in total. The third-order valence-electron chi connectivity index (χ3n) is 2.84. The molecule has 0 aliphatic heterocycles. The molecule has 0 spiro atoms. The molecule has 2 atom stereocenters. The molecule has 4 nitrogen and oxygen atoms in total. The maximum atomic E-state index is 11.7. The average Bonchev–Trinajstić information content (AvgIpc) is 2.24. The van der Waals surface area contributed by atoms with Gasteiger partial charge in [-0.05, 0) is 25.9 Å². The van der Waals surface area contributed by atoms with Crippen molar-refractivity contribution in [1.82, 2.24) is 4.90 Å². The first-order valence-corrected chi connectivity index (χ1v) is 6.15. The number of hydrogen-bond donors (Lipinski definition) is 1. The molecule has 96 valence electrons. The van der Waals surface area contributed by atoms with E-state index in [1.54, 1.807) is 6.92 Å². The second-order valence-electron chi connectivity index (χ2n) is 4.23. The van der Waals surface area contributed by atoms with E-state index in [1.807, 2.05) is 0 Å². The monoisotopic (exact) mass is 230 g/mol. The summed E-state index contributed by atoms with van der Waals surface area (Å²) in [6.07, 6.45) is 0. The Hall–Kier alpha value is -0.610. The van der Waals surface area contributed by atoms with Gasteiger partial charge >= 0.3 is 5.97 Å². The molecule has 0 saturated carbocycles. The molecule has 0 fully saturated rings. The maximum Gasteiger partial charge on any atom is 0.324 e. The average molecular weight is 230 g/mol. The lowest BCUT2D eigenvalue weighted by molar-refractivity contribution is -0.147. The van der Waals surface area contributed by atoms with Crippen LogP contribution in [-0.4, -0.2) is 42.6 Å². The quantitative estimate of drug-likeness (QED) is 0.669. The molecule has 0 aromatic heterocycles. The van der Waals surface area contributed by atoms with Gasteiger partial charge in [-0.2, -0.15) is 0 Å². The van der Waals surface area contributed by atoms with Crippen LogP contribution in [0.1, 0.15) is 34.6 Å². The summed E-state index contributed by atoms with van der Waals surface area (Å²) in [5.74, 6) is 0.0346. The number of nitrogens with zero attached hydrogens (tertiary/aromatic N) is 1. The van der Waals surface area contributed by atoms with Gasteiger partial charge in [0.15, 0.2) is 0 Å². The molecule has 0 aromatic carbocycles. The highest BCUT2D eigenvalue weighted by Crippen LogP contribution is 2.14. The number of rotatable bonds is 7. The Kier molecular flexibility index (Phi) is 7.34. The second-order valence-corrected chi connectivity index (χ2v) is 4.23. The van der Waals surface area contributed by atoms with E-state index in [-0.39, 0.29) is 12.0 Å². The Balaban J connectivity index is 4.69. The van der Waals surface area contributed by atoms with Crippen LogP contribution < -0.4 is 5.73 Å². The predicted molar refractivity (Wildman–Crippen MR) is 66.2 cm³/mol. The molecule has 0 heterocycles. The van der Waals surface area contributed by atoms with Crippen molar-refractivity contribution in [2.24, 2.45) is 11.7 Å². The van der Waals surface area contributed by atoms with Gasteiger partial charge in [-0.15, -0.1) is 0 Å². The van der Waals surface area contributed by atoms with Gasteiger partial charge in [-0.3, -0.25) is 9.69 Å². The minimum atomic E-state index is -0.556. The van der Waals surface area contributed by atoms with Gasteiger partial charge in [0.25, 0.3) is 0 Å². The van der Waals surface area contributed by atoms with Gasteiger partial charge in [-0.25, -0.2) is 0 Å². The fourth-order valence-electron chi connectivity index (χ4n) is 2.09. The Morgan fingerprint density at radius 1 is 1.25 bits per heavy atom. The number of likely N-dealkylation sites (N-methyl/N-ethyl adjacent to an activating group) is 1. The molecule has 0 amide bonds. The van der Waals surface area contributed by atoms with Crippen LogP contribution in [-0.2, 0) is 9.53 Å². The zero-order valence-electron chi connectivity index (χ0n) is 11.2. The van der Waals surface area contributed by atoms with E-state index < -0.39 is 6.04 Å². The Morgan fingerprint density at radius 3 is 2.06 bits per heavy atom. The highest BCUT2D eigenvalue weighted by atomic mass is 16.5. The summed E-state index contributed by atoms with van der Waals surface area (Å²) in [5, 5.41) is 0. The third-order valence-corrected chi connectivity index (χ3v) is 2.84. The molecule has 0 aromatic rings. The molecule has 0 aliphatic rings. The van der Waals surface area contributed by atoms with Gasteiger partial charge in [0.1, 0.15) is 6.04 Å². The smallest absolute Gasteiger partial charge is 0.324 e. The van der Waals surface area contributed by atoms with Crippen LogP contribution in [0.4, 0.5) is 0 Å². The number of nitrogens with two attached hydrogens (primary N) is 1. The fourth-order valence-corrected chi connectivity index (χ4v) is 2.09. The zero-order valence-corrected chi connectivity index (χ0v) is 11.2. The minimum absolute atomic E-state index is 0.0500. The van der Waals surface area contributed by atoms with E-state index in [0.29, 0.717) is 12.5 Å². The van der Waals surface area contributed by atoms with E-state index in [9.17, 15) is 4.79 Å². The molecule has 0 rings (SSSR count). The normalized spacial score (nSPS) is 15.2.